The average Bonchev–Trinajstić information content (AvgIpc) is 3.08. The third kappa shape index (κ3) is 2.64. The molecule has 2 unspecified atom stereocenters. The quantitative estimate of drug-likeness (QED) is 0.788. The van der Waals surface area contributed by atoms with Crippen molar-refractivity contribution >= 4 is 17.6 Å². The number of anilines is 2. The fourth-order valence-corrected chi connectivity index (χ4v) is 1.61. The van der Waals surface area contributed by atoms with Gasteiger partial charge in [-0.1, -0.05) is 0 Å². The molecule has 0 saturated heterocycles. The van der Waals surface area contributed by atoms with Gasteiger partial charge in [0.15, 0.2) is 0 Å². The van der Waals surface area contributed by atoms with Crippen LogP contribution in [0.15, 0.2) is 12.4 Å². The van der Waals surface area contributed by atoms with Crippen LogP contribution in [-0.2, 0) is 4.79 Å². The van der Waals surface area contributed by atoms with Gasteiger partial charge in [0.25, 0.3) is 0 Å². The lowest BCUT2D eigenvalue weighted by molar-refractivity contribution is -0.138. The Labute approximate surface area is 99.7 Å². The topological polar surface area (TPSA) is 78.4 Å². The number of aromatic nitrogens is 2. The Morgan fingerprint density at radius 3 is 3.00 bits per heavy atom. The zero-order valence-corrected chi connectivity index (χ0v) is 9.92. The van der Waals surface area contributed by atoms with Crippen LogP contribution in [-0.4, -0.2) is 40.7 Å². The molecule has 0 aromatic carbocycles. The van der Waals surface area contributed by atoms with Gasteiger partial charge in [0.05, 0.1) is 5.92 Å². The summed E-state index contributed by atoms with van der Waals surface area (Å²) < 4.78 is 0. The van der Waals surface area contributed by atoms with Gasteiger partial charge < -0.3 is 15.3 Å². The largest absolute Gasteiger partial charge is 0.481 e. The van der Waals surface area contributed by atoms with Crippen LogP contribution >= 0.6 is 0 Å². The third-order valence-corrected chi connectivity index (χ3v) is 2.96. The predicted octanol–water partition coefficient (Wildman–Crippen LogP) is 0.818. The highest BCUT2D eigenvalue weighted by Gasteiger charge is 2.43. The molecule has 0 amide bonds. The lowest BCUT2D eigenvalue weighted by atomic mass is 10.4. The SMILES string of the molecule is CCN(C)c1cc(NC2CC2C(=O)O)ncn1. The summed E-state index contributed by atoms with van der Waals surface area (Å²) in [6.45, 7) is 2.90. The van der Waals surface area contributed by atoms with E-state index >= 15 is 0 Å². The maximum atomic E-state index is 10.7. The number of carbonyl (C=O) groups is 1. The van der Waals surface area contributed by atoms with Crippen molar-refractivity contribution in [3.8, 4) is 0 Å². The van der Waals surface area contributed by atoms with E-state index in [2.05, 4.69) is 15.3 Å². The minimum absolute atomic E-state index is 0.00202. The predicted molar refractivity (Wildman–Crippen MR) is 64.1 cm³/mol. The van der Waals surface area contributed by atoms with Gasteiger partial charge in [-0.05, 0) is 13.3 Å². The molecule has 0 aliphatic heterocycles. The maximum absolute atomic E-state index is 10.7. The molecule has 1 fully saturated rings. The van der Waals surface area contributed by atoms with Crippen molar-refractivity contribution in [2.45, 2.75) is 19.4 Å². The summed E-state index contributed by atoms with van der Waals surface area (Å²) >= 11 is 0. The van der Waals surface area contributed by atoms with E-state index in [1.165, 1.54) is 6.33 Å². The normalized spacial score (nSPS) is 22.0. The Balaban J connectivity index is 2.00. The van der Waals surface area contributed by atoms with Crippen LogP contribution in [0.3, 0.4) is 0 Å². The molecule has 0 radical (unpaired) electrons. The number of hydrogen-bond donors (Lipinski definition) is 2. The molecule has 2 N–H and O–H groups in total. The Bertz CT molecular complexity index is 424. The molecule has 17 heavy (non-hydrogen) atoms. The highest BCUT2D eigenvalue weighted by molar-refractivity contribution is 5.75. The summed E-state index contributed by atoms with van der Waals surface area (Å²) in [6.07, 6.45) is 2.15. The van der Waals surface area contributed by atoms with Crippen LogP contribution in [0, 0.1) is 5.92 Å². The number of nitrogens with one attached hydrogen (secondary N) is 1. The van der Waals surface area contributed by atoms with Crippen molar-refractivity contribution in [3.05, 3.63) is 12.4 Å². The van der Waals surface area contributed by atoms with Crippen molar-refractivity contribution in [3.63, 3.8) is 0 Å². The molecule has 1 aromatic rings. The molecule has 0 spiro atoms. The molecule has 2 atom stereocenters. The summed E-state index contributed by atoms with van der Waals surface area (Å²) in [5.41, 5.74) is 0. The van der Waals surface area contributed by atoms with E-state index in [0.29, 0.717) is 12.2 Å². The van der Waals surface area contributed by atoms with Crippen LogP contribution in [0.2, 0.25) is 0 Å². The molecule has 6 heteroatoms. The molecular weight excluding hydrogens is 220 g/mol. The molecule has 0 bridgehead atoms. The standard InChI is InChI=1S/C11H16N4O2/c1-3-15(2)10-5-9(12-6-13-10)14-8-4-7(8)11(16)17/h5-8H,3-4H2,1-2H3,(H,16,17)(H,12,13,14). The van der Waals surface area contributed by atoms with Crippen molar-refractivity contribution in [1.82, 2.24) is 9.97 Å². The first-order chi connectivity index (χ1) is 8.11. The van der Waals surface area contributed by atoms with Gasteiger partial charge in [0, 0.05) is 25.7 Å². The minimum Gasteiger partial charge on any atom is -0.481 e. The molecule has 2 rings (SSSR count). The summed E-state index contributed by atoms with van der Waals surface area (Å²) in [5, 5.41) is 11.9. The molecule has 1 saturated carbocycles. The smallest absolute Gasteiger partial charge is 0.308 e. The Morgan fingerprint density at radius 1 is 1.65 bits per heavy atom. The third-order valence-electron chi connectivity index (χ3n) is 2.96. The van der Waals surface area contributed by atoms with E-state index in [9.17, 15) is 4.79 Å². The van der Waals surface area contributed by atoms with E-state index in [4.69, 9.17) is 5.11 Å². The highest BCUT2D eigenvalue weighted by Crippen LogP contribution is 2.33. The summed E-state index contributed by atoms with van der Waals surface area (Å²) in [5.74, 6) is 0.487. The lowest BCUT2D eigenvalue weighted by Crippen LogP contribution is -2.18. The number of hydrogen-bond acceptors (Lipinski definition) is 5. The number of aliphatic carboxylic acids is 1. The first-order valence-electron chi connectivity index (χ1n) is 5.64. The van der Waals surface area contributed by atoms with Gasteiger partial charge in [0.1, 0.15) is 18.0 Å². The van der Waals surface area contributed by atoms with Gasteiger partial charge in [-0.3, -0.25) is 4.79 Å². The van der Waals surface area contributed by atoms with Crippen LogP contribution in [0.25, 0.3) is 0 Å². The molecular formula is C11H16N4O2. The van der Waals surface area contributed by atoms with Crippen molar-refractivity contribution in [1.29, 1.82) is 0 Å². The van der Waals surface area contributed by atoms with Crippen molar-refractivity contribution in [2.75, 3.05) is 23.8 Å². The molecule has 1 aliphatic carbocycles. The van der Waals surface area contributed by atoms with Crippen LogP contribution < -0.4 is 10.2 Å². The maximum Gasteiger partial charge on any atom is 0.308 e. The second-order valence-electron chi connectivity index (χ2n) is 4.21. The fraction of sp³-hybridized carbons (Fsp3) is 0.545. The number of rotatable bonds is 5. The van der Waals surface area contributed by atoms with Crippen molar-refractivity contribution < 1.29 is 9.90 Å². The number of carboxylic acid groups (broad SMARTS) is 1. The van der Waals surface area contributed by atoms with Crippen LogP contribution in [0.4, 0.5) is 11.6 Å². The Morgan fingerprint density at radius 2 is 2.41 bits per heavy atom. The summed E-state index contributed by atoms with van der Waals surface area (Å²) in [4.78, 5) is 20.9. The van der Waals surface area contributed by atoms with E-state index in [0.717, 1.165) is 12.4 Å². The van der Waals surface area contributed by atoms with Gasteiger partial charge in [-0.2, -0.15) is 0 Å². The van der Waals surface area contributed by atoms with E-state index in [1.54, 1.807) is 0 Å². The number of carboxylic acids is 1. The zero-order valence-electron chi connectivity index (χ0n) is 9.92. The Hall–Kier alpha value is -1.85. The summed E-state index contributed by atoms with van der Waals surface area (Å²) in [6, 6.07) is 1.84. The number of nitrogens with zero attached hydrogens (tertiary/aromatic N) is 3. The first-order valence-corrected chi connectivity index (χ1v) is 5.64. The zero-order chi connectivity index (χ0) is 12.4. The van der Waals surface area contributed by atoms with Gasteiger partial charge in [0.2, 0.25) is 0 Å². The van der Waals surface area contributed by atoms with E-state index in [-0.39, 0.29) is 12.0 Å². The lowest BCUT2D eigenvalue weighted by Gasteiger charge is -2.15. The fourth-order valence-electron chi connectivity index (χ4n) is 1.61. The Kier molecular flexibility index (Phi) is 3.12. The van der Waals surface area contributed by atoms with E-state index < -0.39 is 5.97 Å². The minimum atomic E-state index is -0.748. The monoisotopic (exact) mass is 236 g/mol. The highest BCUT2D eigenvalue weighted by atomic mass is 16.4. The summed E-state index contributed by atoms with van der Waals surface area (Å²) in [7, 11) is 1.95. The van der Waals surface area contributed by atoms with Gasteiger partial charge >= 0.3 is 5.97 Å². The second kappa shape index (κ2) is 4.57. The molecule has 92 valence electrons. The van der Waals surface area contributed by atoms with Gasteiger partial charge in [-0.15, -0.1) is 0 Å². The molecule has 1 aromatic heterocycles. The molecule has 1 heterocycles. The van der Waals surface area contributed by atoms with E-state index in [1.807, 2.05) is 24.9 Å². The van der Waals surface area contributed by atoms with Crippen LogP contribution in [0.5, 0.6) is 0 Å². The first kappa shape index (κ1) is 11.6. The average molecular weight is 236 g/mol. The molecule has 6 nitrogen and oxygen atoms in total. The van der Waals surface area contributed by atoms with Crippen LogP contribution in [0.1, 0.15) is 13.3 Å². The second-order valence-corrected chi connectivity index (χ2v) is 4.21. The molecule has 1 aliphatic rings. The van der Waals surface area contributed by atoms with Crippen molar-refractivity contribution in [2.24, 2.45) is 5.92 Å². The van der Waals surface area contributed by atoms with Gasteiger partial charge in [-0.25, -0.2) is 9.97 Å².